The van der Waals surface area contributed by atoms with Gasteiger partial charge in [0.25, 0.3) is 0 Å². The number of hydrogen-bond donors (Lipinski definition) is 2. The summed E-state index contributed by atoms with van der Waals surface area (Å²) in [4.78, 5) is 12.7. The standard InChI is InChI=1S/C16H18FNO2S2/c1-16(20,12-6-8-21-10-12)11-18-15(19)7-9-22-14-4-2-13(17)3-5-14/h2-6,8,10,20H,7,9,11H2,1H3,(H,18,19). The van der Waals surface area contributed by atoms with Crippen LogP contribution in [0.5, 0.6) is 0 Å². The molecule has 0 fully saturated rings. The molecule has 3 nitrogen and oxygen atoms in total. The molecule has 6 heteroatoms. The Morgan fingerprint density at radius 3 is 2.73 bits per heavy atom. The van der Waals surface area contributed by atoms with Gasteiger partial charge in [-0.2, -0.15) is 11.3 Å². The maximum atomic E-state index is 12.8. The molecule has 0 saturated carbocycles. The molecule has 0 spiro atoms. The van der Waals surface area contributed by atoms with E-state index < -0.39 is 5.60 Å². The van der Waals surface area contributed by atoms with Gasteiger partial charge in [-0.15, -0.1) is 11.8 Å². The Balaban J connectivity index is 1.71. The molecule has 0 saturated heterocycles. The van der Waals surface area contributed by atoms with Gasteiger partial charge in [0, 0.05) is 17.1 Å². The van der Waals surface area contributed by atoms with E-state index in [1.165, 1.54) is 35.2 Å². The number of carbonyl (C=O) groups is 1. The van der Waals surface area contributed by atoms with Crippen LogP contribution >= 0.6 is 23.1 Å². The van der Waals surface area contributed by atoms with Crippen LogP contribution in [0.1, 0.15) is 18.9 Å². The Bertz CT molecular complexity index is 597. The molecule has 1 amide bonds. The van der Waals surface area contributed by atoms with Crippen molar-refractivity contribution < 1.29 is 14.3 Å². The minimum Gasteiger partial charge on any atom is -0.384 e. The number of amides is 1. The second-order valence-electron chi connectivity index (χ2n) is 5.11. The molecular formula is C16H18FNO2S2. The number of thioether (sulfide) groups is 1. The number of thiophene rings is 1. The van der Waals surface area contributed by atoms with Crippen molar-refractivity contribution in [1.29, 1.82) is 0 Å². The summed E-state index contributed by atoms with van der Waals surface area (Å²) in [6.45, 7) is 1.87. The van der Waals surface area contributed by atoms with Gasteiger partial charge in [0.05, 0.1) is 6.54 Å². The largest absolute Gasteiger partial charge is 0.384 e. The average molecular weight is 339 g/mol. The fourth-order valence-corrected chi connectivity index (χ4v) is 3.46. The number of benzene rings is 1. The third-order valence-corrected chi connectivity index (χ3v) is 4.88. The molecule has 1 aromatic carbocycles. The maximum Gasteiger partial charge on any atom is 0.220 e. The molecule has 2 aromatic rings. The summed E-state index contributed by atoms with van der Waals surface area (Å²) in [6, 6.07) is 8.04. The number of halogens is 1. The molecule has 1 atom stereocenters. The molecule has 2 rings (SSSR count). The Morgan fingerprint density at radius 2 is 2.09 bits per heavy atom. The van der Waals surface area contributed by atoms with E-state index >= 15 is 0 Å². The Hall–Kier alpha value is -1.37. The highest BCUT2D eigenvalue weighted by Crippen LogP contribution is 2.22. The summed E-state index contributed by atoms with van der Waals surface area (Å²) in [7, 11) is 0. The first-order chi connectivity index (χ1) is 10.5. The molecule has 1 aromatic heterocycles. The lowest BCUT2D eigenvalue weighted by molar-refractivity contribution is -0.121. The molecule has 0 aliphatic heterocycles. The van der Waals surface area contributed by atoms with E-state index in [0.29, 0.717) is 12.2 Å². The first kappa shape index (κ1) is 17.0. The molecule has 118 valence electrons. The van der Waals surface area contributed by atoms with Gasteiger partial charge >= 0.3 is 0 Å². The van der Waals surface area contributed by atoms with Crippen molar-refractivity contribution in [1.82, 2.24) is 5.32 Å². The molecule has 0 bridgehead atoms. The van der Waals surface area contributed by atoms with Gasteiger partial charge in [-0.25, -0.2) is 4.39 Å². The summed E-state index contributed by atoms with van der Waals surface area (Å²) in [6.07, 6.45) is 0.349. The third kappa shape index (κ3) is 5.12. The van der Waals surface area contributed by atoms with Gasteiger partial charge in [0.1, 0.15) is 11.4 Å². The quantitative estimate of drug-likeness (QED) is 0.760. The lowest BCUT2D eigenvalue weighted by Gasteiger charge is -2.22. The van der Waals surface area contributed by atoms with Gasteiger partial charge in [-0.05, 0) is 53.6 Å². The SMILES string of the molecule is CC(O)(CNC(=O)CCSc1ccc(F)cc1)c1ccsc1. The van der Waals surface area contributed by atoms with E-state index in [1.54, 1.807) is 19.1 Å². The highest BCUT2D eigenvalue weighted by atomic mass is 32.2. The zero-order valence-corrected chi connectivity index (χ0v) is 13.8. The average Bonchev–Trinajstić information content (AvgIpc) is 3.02. The van der Waals surface area contributed by atoms with Crippen molar-refractivity contribution in [2.45, 2.75) is 23.8 Å². The van der Waals surface area contributed by atoms with Crippen LogP contribution in [0.15, 0.2) is 46.0 Å². The number of carbonyl (C=O) groups excluding carboxylic acids is 1. The molecule has 22 heavy (non-hydrogen) atoms. The molecule has 0 aliphatic rings. The van der Waals surface area contributed by atoms with Crippen LogP contribution in [0.4, 0.5) is 4.39 Å². The van der Waals surface area contributed by atoms with Gasteiger partial charge in [0.2, 0.25) is 5.91 Å². The summed E-state index contributed by atoms with van der Waals surface area (Å²) >= 11 is 3.01. The van der Waals surface area contributed by atoms with Crippen molar-refractivity contribution in [3.8, 4) is 0 Å². The maximum absolute atomic E-state index is 12.8. The molecule has 0 aliphatic carbocycles. The predicted octanol–water partition coefficient (Wildman–Crippen LogP) is 3.39. The summed E-state index contributed by atoms with van der Waals surface area (Å²) in [5, 5.41) is 16.8. The van der Waals surface area contributed by atoms with Gasteiger partial charge in [-0.3, -0.25) is 4.79 Å². The summed E-state index contributed by atoms with van der Waals surface area (Å²) in [5.41, 5.74) is -0.252. The molecule has 1 heterocycles. The first-order valence-corrected chi connectivity index (χ1v) is 8.80. The summed E-state index contributed by atoms with van der Waals surface area (Å²) in [5.74, 6) is 0.237. The van der Waals surface area contributed by atoms with Crippen LogP contribution in [-0.2, 0) is 10.4 Å². The van der Waals surface area contributed by atoms with Crippen LogP contribution in [0, 0.1) is 5.82 Å². The molecular weight excluding hydrogens is 321 g/mol. The Kier molecular flexibility index (Phi) is 5.99. The van der Waals surface area contributed by atoms with Crippen molar-refractivity contribution >= 4 is 29.0 Å². The minimum absolute atomic E-state index is 0.106. The zero-order chi connectivity index (χ0) is 16.0. The van der Waals surface area contributed by atoms with Gasteiger partial charge in [0.15, 0.2) is 0 Å². The van der Waals surface area contributed by atoms with E-state index in [2.05, 4.69) is 5.32 Å². The van der Waals surface area contributed by atoms with Crippen LogP contribution < -0.4 is 5.32 Å². The van der Waals surface area contributed by atoms with Crippen LogP contribution in [0.3, 0.4) is 0 Å². The summed E-state index contributed by atoms with van der Waals surface area (Å²) < 4.78 is 12.8. The molecule has 0 radical (unpaired) electrons. The highest BCUT2D eigenvalue weighted by molar-refractivity contribution is 7.99. The number of rotatable bonds is 7. The van der Waals surface area contributed by atoms with Crippen molar-refractivity contribution in [2.24, 2.45) is 0 Å². The van der Waals surface area contributed by atoms with Crippen molar-refractivity contribution in [3.63, 3.8) is 0 Å². The van der Waals surface area contributed by atoms with Crippen molar-refractivity contribution in [3.05, 3.63) is 52.5 Å². The normalized spacial score (nSPS) is 13.6. The second kappa shape index (κ2) is 7.76. The van der Waals surface area contributed by atoms with Crippen LogP contribution in [0.2, 0.25) is 0 Å². The van der Waals surface area contributed by atoms with E-state index in [0.717, 1.165) is 10.5 Å². The van der Waals surface area contributed by atoms with E-state index in [4.69, 9.17) is 0 Å². The Morgan fingerprint density at radius 1 is 1.36 bits per heavy atom. The fraction of sp³-hybridized carbons (Fsp3) is 0.312. The lowest BCUT2D eigenvalue weighted by Crippen LogP contribution is -2.38. The second-order valence-corrected chi connectivity index (χ2v) is 7.06. The first-order valence-electron chi connectivity index (χ1n) is 6.87. The van der Waals surface area contributed by atoms with E-state index in [1.807, 2.05) is 16.8 Å². The highest BCUT2D eigenvalue weighted by Gasteiger charge is 2.23. The number of aliphatic hydroxyl groups is 1. The molecule has 1 unspecified atom stereocenters. The Labute approximate surface area is 137 Å². The lowest BCUT2D eigenvalue weighted by atomic mass is 9.99. The van der Waals surface area contributed by atoms with Crippen LogP contribution in [-0.4, -0.2) is 23.3 Å². The van der Waals surface area contributed by atoms with Crippen molar-refractivity contribution in [2.75, 3.05) is 12.3 Å². The number of hydrogen-bond acceptors (Lipinski definition) is 4. The van der Waals surface area contributed by atoms with E-state index in [9.17, 15) is 14.3 Å². The topological polar surface area (TPSA) is 49.3 Å². The third-order valence-electron chi connectivity index (χ3n) is 3.18. The van der Waals surface area contributed by atoms with Gasteiger partial charge in [-0.1, -0.05) is 0 Å². The van der Waals surface area contributed by atoms with E-state index in [-0.39, 0.29) is 18.3 Å². The monoisotopic (exact) mass is 339 g/mol. The minimum atomic E-state index is -1.06. The zero-order valence-electron chi connectivity index (χ0n) is 12.2. The smallest absolute Gasteiger partial charge is 0.220 e. The van der Waals surface area contributed by atoms with Gasteiger partial charge < -0.3 is 10.4 Å². The predicted molar refractivity (Wildman–Crippen MR) is 88.6 cm³/mol. The van der Waals surface area contributed by atoms with Crippen LogP contribution in [0.25, 0.3) is 0 Å². The fourth-order valence-electron chi connectivity index (χ4n) is 1.82. The number of nitrogens with one attached hydrogen (secondary N) is 1. The molecule has 2 N–H and O–H groups in total.